The summed E-state index contributed by atoms with van der Waals surface area (Å²) < 4.78 is 38.3. The van der Waals surface area contributed by atoms with E-state index in [2.05, 4.69) is 15.5 Å². The van der Waals surface area contributed by atoms with Crippen LogP contribution in [0.3, 0.4) is 0 Å². The summed E-state index contributed by atoms with van der Waals surface area (Å²) in [4.78, 5) is 12.0. The number of amidine groups is 1. The van der Waals surface area contributed by atoms with Crippen molar-refractivity contribution < 1.29 is 18.0 Å². The van der Waals surface area contributed by atoms with E-state index in [1.807, 2.05) is 30.3 Å². The minimum Gasteiger partial charge on any atom is -0.303 e. The summed E-state index contributed by atoms with van der Waals surface area (Å²) in [5.41, 5.74) is 0.591. The molecule has 1 amide bonds. The fourth-order valence-electron chi connectivity index (χ4n) is 2.36. The van der Waals surface area contributed by atoms with Crippen LogP contribution in [-0.4, -0.2) is 22.5 Å². The average molecular weight is 377 g/mol. The molecule has 8 heteroatoms. The summed E-state index contributed by atoms with van der Waals surface area (Å²) in [5, 5.41) is 10.3. The molecule has 2 aromatic carbocycles. The van der Waals surface area contributed by atoms with Gasteiger partial charge < -0.3 is 5.32 Å². The maximum Gasteiger partial charge on any atom is 0.416 e. The third-order valence-electron chi connectivity index (χ3n) is 3.61. The van der Waals surface area contributed by atoms with Gasteiger partial charge in [0, 0.05) is 0 Å². The van der Waals surface area contributed by atoms with Gasteiger partial charge in [-0.3, -0.25) is 4.79 Å². The van der Waals surface area contributed by atoms with Crippen molar-refractivity contribution in [2.75, 3.05) is 0 Å². The van der Waals surface area contributed by atoms with Gasteiger partial charge >= 0.3 is 6.18 Å². The quantitative estimate of drug-likeness (QED) is 0.650. The number of thioether (sulfide) groups is 1. The third kappa shape index (κ3) is 4.72. The summed E-state index contributed by atoms with van der Waals surface area (Å²) in [5.74, 6) is -0.291. The lowest BCUT2D eigenvalue weighted by Gasteiger charge is -2.10. The van der Waals surface area contributed by atoms with Crippen LogP contribution >= 0.6 is 11.8 Å². The molecule has 0 aromatic heterocycles. The number of nitrogens with zero attached hydrogens (tertiary/aromatic N) is 2. The molecule has 1 heterocycles. The number of benzene rings is 2. The Morgan fingerprint density at radius 3 is 2.62 bits per heavy atom. The fourth-order valence-corrected chi connectivity index (χ4v) is 3.33. The Hall–Kier alpha value is -2.61. The van der Waals surface area contributed by atoms with Gasteiger partial charge in [-0.2, -0.15) is 18.3 Å². The van der Waals surface area contributed by atoms with Crippen LogP contribution in [0.1, 0.15) is 16.7 Å². The van der Waals surface area contributed by atoms with E-state index in [1.54, 1.807) is 12.3 Å². The molecule has 0 spiro atoms. The van der Waals surface area contributed by atoms with Crippen molar-refractivity contribution in [3.63, 3.8) is 0 Å². The molecule has 2 aromatic rings. The van der Waals surface area contributed by atoms with E-state index in [9.17, 15) is 18.0 Å². The van der Waals surface area contributed by atoms with Gasteiger partial charge in [0.15, 0.2) is 5.17 Å². The van der Waals surface area contributed by atoms with Gasteiger partial charge in [-0.15, -0.1) is 5.10 Å². The standard InChI is InChI=1S/C18H14F3N3OS/c19-18(20,21)14-8-4-7-13(9-14)10-15-16(25)23-17(26-15)24-22-11-12-5-2-1-3-6-12/h1-9,11,15H,10H2,(H,23,24,25)/b22-11-/t15-/m0/s1. The lowest BCUT2D eigenvalue weighted by Crippen LogP contribution is -2.26. The second kappa shape index (κ2) is 7.74. The van der Waals surface area contributed by atoms with E-state index in [1.165, 1.54) is 6.07 Å². The fraction of sp³-hybridized carbons (Fsp3) is 0.167. The monoisotopic (exact) mass is 377 g/mol. The Kier molecular flexibility index (Phi) is 5.41. The van der Waals surface area contributed by atoms with Crippen LogP contribution in [0.4, 0.5) is 13.2 Å². The van der Waals surface area contributed by atoms with Crippen LogP contribution in [0.25, 0.3) is 0 Å². The maximum absolute atomic E-state index is 12.8. The minimum atomic E-state index is -4.40. The van der Waals surface area contributed by atoms with E-state index < -0.39 is 17.0 Å². The predicted octanol–water partition coefficient (Wildman–Crippen LogP) is 3.87. The highest BCUT2D eigenvalue weighted by molar-refractivity contribution is 8.15. The Morgan fingerprint density at radius 1 is 1.12 bits per heavy atom. The smallest absolute Gasteiger partial charge is 0.303 e. The Bertz CT molecular complexity index is 850. The molecule has 4 nitrogen and oxygen atoms in total. The van der Waals surface area contributed by atoms with Crippen LogP contribution in [0.5, 0.6) is 0 Å². The Balaban J connectivity index is 1.65. The maximum atomic E-state index is 12.8. The molecule has 1 saturated heterocycles. The van der Waals surface area contributed by atoms with Crippen molar-refractivity contribution in [1.82, 2.24) is 5.32 Å². The van der Waals surface area contributed by atoms with Crippen LogP contribution in [0.2, 0.25) is 0 Å². The molecular weight excluding hydrogens is 363 g/mol. The van der Waals surface area contributed by atoms with E-state index in [0.717, 1.165) is 29.5 Å². The van der Waals surface area contributed by atoms with Crippen molar-refractivity contribution in [1.29, 1.82) is 0 Å². The minimum absolute atomic E-state index is 0.182. The van der Waals surface area contributed by atoms with Gasteiger partial charge in [0.25, 0.3) is 0 Å². The van der Waals surface area contributed by atoms with Gasteiger partial charge in [-0.1, -0.05) is 60.3 Å². The van der Waals surface area contributed by atoms with Gasteiger partial charge in [-0.25, -0.2) is 0 Å². The molecule has 134 valence electrons. The highest BCUT2D eigenvalue weighted by Gasteiger charge is 2.33. The van der Waals surface area contributed by atoms with Gasteiger partial charge in [0.05, 0.1) is 17.0 Å². The topological polar surface area (TPSA) is 53.8 Å². The summed E-state index contributed by atoms with van der Waals surface area (Å²) >= 11 is 1.16. The predicted molar refractivity (Wildman–Crippen MR) is 96.1 cm³/mol. The summed E-state index contributed by atoms with van der Waals surface area (Å²) in [6.07, 6.45) is -2.67. The lowest BCUT2D eigenvalue weighted by atomic mass is 10.1. The first-order valence-electron chi connectivity index (χ1n) is 7.71. The first kappa shape index (κ1) is 18.2. The average Bonchev–Trinajstić information content (AvgIpc) is 2.95. The van der Waals surface area contributed by atoms with E-state index >= 15 is 0 Å². The molecule has 1 aliphatic heterocycles. The molecule has 0 saturated carbocycles. The molecule has 0 aliphatic carbocycles. The van der Waals surface area contributed by atoms with Crippen LogP contribution in [0, 0.1) is 0 Å². The molecule has 26 heavy (non-hydrogen) atoms. The first-order chi connectivity index (χ1) is 12.4. The number of rotatable bonds is 4. The van der Waals surface area contributed by atoms with Crippen molar-refractivity contribution in [2.24, 2.45) is 10.2 Å². The normalized spacial score (nSPS) is 19.3. The first-order valence-corrected chi connectivity index (χ1v) is 8.59. The van der Waals surface area contributed by atoms with Crippen molar-refractivity contribution in [3.05, 3.63) is 71.3 Å². The molecule has 3 rings (SSSR count). The van der Waals surface area contributed by atoms with E-state index in [0.29, 0.717) is 10.7 Å². The second-order valence-electron chi connectivity index (χ2n) is 5.56. The molecule has 0 bridgehead atoms. The third-order valence-corrected chi connectivity index (χ3v) is 4.68. The number of alkyl halides is 3. The number of hydrogen-bond donors (Lipinski definition) is 1. The van der Waals surface area contributed by atoms with Crippen LogP contribution < -0.4 is 5.32 Å². The molecule has 1 N–H and O–H groups in total. The summed E-state index contributed by atoms with van der Waals surface area (Å²) in [6.45, 7) is 0. The van der Waals surface area contributed by atoms with Gasteiger partial charge in [0.2, 0.25) is 5.91 Å². The number of hydrogen-bond acceptors (Lipinski definition) is 4. The Labute approximate surface area is 152 Å². The van der Waals surface area contributed by atoms with Crippen molar-refractivity contribution in [2.45, 2.75) is 17.8 Å². The van der Waals surface area contributed by atoms with Gasteiger partial charge in [0.1, 0.15) is 0 Å². The largest absolute Gasteiger partial charge is 0.416 e. The number of carbonyl (C=O) groups excluding carboxylic acids is 1. The SMILES string of the molecule is O=C1N/C(=N/N=C\c2ccccc2)S[C@H]1Cc1cccc(C(F)(F)F)c1. The summed E-state index contributed by atoms with van der Waals surface area (Å²) in [7, 11) is 0. The zero-order valence-corrected chi connectivity index (χ0v) is 14.2. The van der Waals surface area contributed by atoms with Gasteiger partial charge in [-0.05, 0) is 23.6 Å². The summed E-state index contributed by atoms with van der Waals surface area (Å²) in [6, 6.07) is 14.3. The van der Waals surface area contributed by atoms with Crippen molar-refractivity contribution >= 4 is 29.1 Å². The molecule has 1 aliphatic rings. The van der Waals surface area contributed by atoms with Crippen LogP contribution in [0.15, 0.2) is 64.8 Å². The highest BCUT2D eigenvalue weighted by Crippen LogP contribution is 2.31. The zero-order chi connectivity index (χ0) is 18.6. The molecule has 0 radical (unpaired) electrons. The van der Waals surface area contributed by atoms with Crippen LogP contribution in [-0.2, 0) is 17.4 Å². The molecule has 1 fully saturated rings. The lowest BCUT2D eigenvalue weighted by molar-refractivity contribution is -0.137. The zero-order valence-electron chi connectivity index (χ0n) is 13.4. The second-order valence-corrected chi connectivity index (χ2v) is 6.75. The van der Waals surface area contributed by atoms with E-state index in [-0.39, 0.29) is 12.3 Å². The number of carbonyl (C=O) groups is 1. The highest BCUT2D eigenvalue weighted by atomic mass is 32.2. The molecular formula is C18H14F3N3OS. The number of nitrogens with one attached hydrogen (secondary N) is 1. The molecule has 1 atom stereocenters. The van der Waals surface area contributed by atoms with E-state index in [4.69, 9.17) is 0 Å². The van der Waals surface area contributed by atoms with Crippen molar-refractivity contribution in [3.8, 4) is 0 Å². The molecule has 0 unspecified atom stereocenters. The Morgan fingerprint density at radius 2 is 1.88 bits per heavy atom. The number of amides is 1. The number of halogens is 3.